The van der Waals surface area contributed by atoms with Crippen LogP contribution in [0.2, 0.25) is 0 Å². The molecule has 5 rings (SSSR count). The van der Waals surface area contributed by atoms with E-state index in [-0.39, 0.29) is 0 Å². The second-order valence-electron chi connectivity index (χ2n) is 8.66. The van der Waals surface area contributed by atoms with Gasteiger partial charge < -0.3 is 19.8 Å². The number of hydrogen-bond donors (Lipinski definition) is 3. The number of benzene rings is 2. The molecule has 2 aromatic heterocycles. The van der Waals surface area contributed by atoms with E-state index in [4.69, 9.17) is 9.47 Å². The van der Waals surface area contributed by atoms with E-state index in [1.165, 1.54) is 11.3 Å². The van der Waals surface area contributed by atoms with Gasteiger partial charge in [0.25, 0.3) is 0 Å². The lowest BCUT2D eigenvalue weighted by Gasteiger charge is -2.18. The largest absolute Gasteiger partial charge is 0.493 e. The molecule has 0 unspecified atom stereocenters. The molecule has 7 nitrogen and oxygen atoms in total. The molecule has 166 valence electrons. The van der Waals surface area contributed by atoms with Gasteiger partial charge in [0, 0.05) is 16.6 Å². The smallest absolute Gasteiger partial charge is 0.413 e. The number of nitrogens with zero attached hydrogens (tertiary/aromatic N) is 1. The first kappa shape index (κ1) is 21.1. The number of thiazole rings is 1. The van der Waals surface area contributed by atoms with E-state index in [0.717, 1.165) is 61.3 Å². The van der Waals surface area contributed by atoms with Crippen LogP contribution < -0.4 is 15.4 Å². The Morgan fingerprint density at radius 3 is 2.94 bits per heavy atom. The van der Waals surface area contributed by atoms with Gasteiger partial charge in [-0.25, -0.2) is 9.78 Å². The molecule has 3 heterocycles. The molecule has 3 N–H and O–H groups in total. The fraction of sp³-hybridized carbons (Fsp3) is 0.304. The minimum Gasteiger partial charge on any atom is -0.493 e. The van der Waals surface area contributed by atoms with Gasteiger partial charge in [-0.05, 0) is 51.5 Å². The first-order valence-electron chi connectivity index (χ1n) is 10.4. The van der Waals surface area contributed by atoms with Crippen LogP contribution in [0, 0.1) is 0 Å². The van der Waals surface area contributed by atoms with Gasteiger partial charge in [-0.1, -0.05) is 33.3 Å². The average Bonchev–Trinajstić information content (AvgIpc) is 3.23. The standard InChI is InChI=1S/C23H23BrN4O3S/c1-23(2,3)31-22(29)28-21-27-14-9-12(5-6-17(14)32-21)19-20-18-15(26-19)10-13(24)11-16(18)30-8-4-7-25-20/h5-6,9-11,25-26H,4,7-8H2,1-3H3,(H,27,28,29). The van der Waals surface area contributed by atoms with E-state index in [1.54, 1.807) is 0 Å². The Hall–Kier alpha value is -2.78. The zero-order valence-corrected chi connectivity index (χ0v) is 20.4. The maximum Gasteiger partial charge on any atom is 0.413 e. The van der Waals surface area contributed by atoms with Crippen molar-refractivity contribution in [2.24, 2.45) is 0 Å². The van der Waals surface area contributed by atoms with Crippen LogP contribution in [0.15, 0.2) is 34.8 Å². The van der Waals surface area contributed by atoms with Crippen molar-refractivity contribution in [2.75, 3.05) is 23.8 Å². The SMILES string of the molecule is CC(C)(C)OC(=O)Nc1nc2cc(-c3[nH]c4cc(Br)cc5c4c3NCCCO5)ccc2s1. The maximum absolute atomic E-state index is 12.1. The van der Waals surface area contributed by atoms with Crippen molar-refractivity contribution in [3.05, 3.63) is 34.8 Å². The second kappa shape index (κ2) is 7.97. The van der Waals surface area contributed by atoms with Gasteiger partial charge in [-0.15, -0.1) is 0 Å². The van der Waals surface area contributed by atoms with Crippen molar-refractivity contribution in [2.45, 2.75) is 32.8 Å². The quantitative estimate of drug-likeness (QED) is 0.275. The minimum absolute atomic E-state index is 0.508. The minimum atomic E-state index is -0.562. The van der Waals surface area contributed by atoms with E-state index >= 15 is 0 Å². The van der Waals surface area contributed by atoms with Crippen LogP contribution >= 0.6 is 27.3 Å². The third-order valence-corrected chi connectivity index (χ3v) is 6.40. The molecule has 0 saturated carbocycles. The van der Waals surface area contributed by atoms with Crippen LogP contribution in [0.4, 0.5) is 15.6 Å². The van der Waals surface area contributed by atoms with Gasteiger partial charge in [0.05, 0.1) is 39.1 Å². The van der Waals surface area contributed by atoms with Gasteiger partial charge >= 0.3 is 6.09 Å². The molecule has 2 aromatic carbocycles. The average molecular weight is 515 g/mol. The third-order valence-electron chi connectivity index (χ3n) is 4.99. The van der Waals surface area contributed by atoms with E-state index in [1.807, 2.05) is 39.0 Å². The number of carbonyl (C=O) groups is 1. The molecule has 4 aromatic rings. The monoisotopic (exact) mass is 514 g/mol. The number of rotatable bonds is 2. The number of anilines is 2. The number of nitrogens with one attached hydrogen (secondary N) is 3. The van der Waals surface area contributed by atoms with E-state index < -0.39 is 11.7 Å². The highest BCUT2D eigenvalue weighted by Crippen LogP contribution is 2.43. The predicted octanol–water partition coefficient (Wildman–Crippen LogP) is 6.75. The lowest BCUT2D eigenvalue weighted by atomic mass is 10.1. The highest BCUT2D eigenvalue weighted by Gasteiger charge is 2.21. The van der Waals surface area contributed by atoms with Crippen molar-refractivity contribution in [1.82, 2.24) is 9.97 Å². The summed E-state index contributed by atoms with van der Waals surface area (Å²) in [6, 6.07) is 10.2. The Labute approximate surface area is 197 Å². The molecular weight excluding hydrogens is 492 g/mol. The lowest BCUT2D eigenvalue weighted by Crippen LogP contribution is -2.27. The van der Waals surface area contributed by atoms with Gasteiger partial charge in [0.2, 0.25) is 0 Å². The summed E-state index contributed by atoms with van der Waals surface area (Å²) in [4.78, 5) is 20.3. The van der Waals surface area contributed by atoms with Crippen LogP contribution in [-0.4, -0.2) is 34.8 Å². The number of ether oxygens (including phenoxy) is 2. The fourth-order valence-corrected chi connectivity index (χ4v) is 5.03. The fourth-order valence-electron chi connectivity index (χ4n) is 3.76. The summed E-state index contributed by atoms with van der Waals surface area (Å²) in [5, 5.41) is 7.87. The van der Waals surface area contributed by atoms with Gasteiger partial charge in [0.15, 0.2) is 5.13 Å². The number of aromatic nitrogens is 2. The normalized spacial score (nSPS) is 13.9. The molecule has 0 aliphatic carbocycles. The summed E-state index contributed by atoms with van der Waals surface area (Å²) in [5.74, 6) is 0.859. The number of fused-ring (bicyclic) bond motifs is 1. The molecule has 0 fully saturated rings. The Kier molecular flexibility index (Phi) is 5.25. The van der Waals surface area contributed by atoms with E-state index in [9.17, 15) is 4.79 Å². The summed E-state index contributed by atoms with van der Waals surface area (Å²) >= 11 is 5.00. The molecule has 1 aliphatic rings. The molecule has 0 radical (unpaired) electrons. The van der Waals surface area contributed by atoms with Crippen LogP contribution in [0.25, 0.3) is 32.4 Å². The van der Waals surface area contributed by atoms with Gasteiger partial charge in [-0.3, -0.25) is 5.32 Å². The summed E-state index contributed by atoms with van der Waals surface area (Å²) < 4.78 is 13.3. The molecule has 0 saturated heterocycles. The van der Waals surface area contributed by atoms with Crippen LogP contribution in [0.3, 0.4) is 0 Å². The number of aromatic amines is 1. The number of H-pyrrole nitrogens is 1. The highest BCUT2D eigenvalue weighted by molar-refractivity contribution is 9.10. The zero-order chi connectivity index (χ0) is 22.5. The van der Waals surface area contributed by atoms with Crippen molar-refractivity contribution < 1.29 is 14.3 Å². The van der Waals surface area contributed by atoms with Gasteiger partial charge in [0.1, 0.15) is 11.4 Å². The molecule has 1 aliphatic heterocycles. The van der Waals surface area contributed by atoms with E-state index in [0.29, 0.717) is 11.7 Å². The Balaban J connectivity index is 1.54. The molecule has 0 atom stereocenters. The molecular formula is C23H23BrN4O3S. The second-order valence-corrected chi connectivity index (χ2v) is 10.6. The van der Waals surface area contributed by atoms with Crippen LogP contribution in [0.5, 0.6) is 5.75 Å². The lowest BCUT2D eigenvalue weighted by molar-refractivity contribution is 0.0636. The Bertz CT molecular complexity index is 1340. The highest BCUT2D eigenvalue weighted by atomic mass is 79.9. The van der Waals surface area contributed by atoms with E-state index in [2.05, 4.69) is 48.7 Å². The number of hydrogen-bond acceptors (Lipinski definition) is 6. The molecule has 32 heavy (non-hydrogen) atoms. The molecule has 9 heteroatoms. The number of carbonyl (C=O) groups excluding carboxylic acids is 1. The first-order chi connectivity index (χ1) is 15.3. The van der Waals surface area contributed by atoms with Crippen molar-refractivity contribution in [3.63, 3.8) is 0 Å². The number of halogens is 1. The Morgan fingerprint density at radius 2 is 2.12 bits per heavy atom. The zero-order valence-electron chi connectivity index (χ0n) is 18.0. The molecule has 0 bridgehead atoms. The summed E-state index contributed by atoms with van der Waals surface area (Å²) in [7, 11) is 0. The first-order valence-corrected chi connectivity index (χ1v) is 12.0. The number of amides is 1. The van der Waals surface area contributed by atoms with Crippen LogP contribution in [-0.2, 0) is 4.74 Å². The summed E-state index contributed by atoms with van der Waals surface area (Å²) in [6.45, 7) is 7.00. The molecule has 0 spiro atoms. The summed E-state index contributed by atoms with van der Waals surface area (Å²) in [5.41, 5.74) is 4.28. The topological polar surface area (TPSA) is 88.3 Å². The predicted molar refractivity (Wildman–Crippen MR) is 133 cm³/mol. The Morgan fingerprint density at radius 1 is 1.28 bits per heavy atom. The maximum atomic E-state index is 12.1. The van der Waals surface area contributed by atoms with Crippen molar-refractivity contribution >= 4 is 65.3 Å². The van der Waals surface area contributed by atoms with Crippen LogP contribution in [0.1, 0.15) is 27.2 Å². The van der Waals surface area contributed by atoms with Gasteiger partial charge in [-0.2, -0.15) is 0 Å². The van der Waals surface area contributed by atoms with Crippen molar-refractivity contribution in [1.29, 1.82) is 0 Å². The summed E-state index contributed by atoms with van der Waals surface area (Å²) in [6.07, 6.45) is 0.412. The van der Waals surface area contributed by atoms with Crippen molar-refractivity contribution in [3.8, 4) is 17.0 Å². The third kappa shape index (κ3) is 4.14. The molecule has 1 amide bonds.